The molecule has 0 aliphatic carbocycles. The van der Waals surface area contributed by atoms with E-state index in [1.165, 1.54) is 10.7 Å². The monoisotopic (exact) mass is 313 g/mol. The van der Waals surface area contributed by atoms with Gasteiger partial charge in [-0.1, -0.05) is 18.3 Å². The third-order valence-corrected chi connectivity index (χ3v) is 3.87. The second-order valence-electron chi connectivity index (χ2n) is 4.79. The average molecular weight is 313 g/mol. The first-order chi connectivity index (χ1) is 9.85. The number of hydrogen-bond acceptors (Lipinski definition) is 3. The number of aryl methyl sites for hydroxylation is 3. The van der Waals surface area contributed by atoms with E-state index in [4.69, 9.17) is 12.2 Å². The number of ether oxygens (including phenoxy) is 1. The Bertz CT molecular complexity index is 722. The topological polar surface area (TPSA) is 32.0 Å². The summed E-state index contributed by atoms with van der Waals surface area (Å²) in [6.45, 7) is 3.26. The zero-order valence-electron chi connectivity index (χ0n) is 12.4. The van der Waals surface area contributed by atoms with Gasteiger partial charge in [0.2, 0.25) is 5.88 Å². The fourth-order valence-electron chi connectivity index (χ4n) is 2.39. The van der Waals surface area contributed by atoms with Crippen LogP contribution in [0.4, 0.5) is 8.78 Å². The molecular weight excluding hydrogens is 296 g/mol. The van der Waals surface area contributed by atoms with Gasteiger partial charge in [0, 0.05) is 19.7 Å². The summed E-state index contributed by atoms with van der Waals surface area (Å²) in [5.74, 6) is 0.0494. The first-order valence-electron chi connectivity index (χ1n) is 6.55. The molecule has 7 heteroatoms. The molecule has 0 radical (unpaired) electrons. The van der Waals surface area contributed by atoms with E-state index in [2.05, 4.69) is 9.84 Å². The molecule has 4 nitrogen and oxygen atoms in total. The van der Waals surface area contributed by atoms with Crippen molar-refractivity contribution in [2.75, 3.05) is 0 Å². The SMILES string of the molecule is CCn1nc(-c2c(C)cc(C)c(=S)n2C)cc1OC(F)F. The standard InChI is InChI=1S/C14H17F2N3OS/c1-5-19-11(20-14(15)16)7-10(17-19)12-8(2)6-9(3)13(21)18(12)4/h6-7,14H,5H2,1-4H3. The number of halogens is 2. The van der Waals surface area contributed by atoms with Gasteiger partial charge < -0.3 is 9.30 Å². The van der Waals surface area contributed by atoms with E-state index in [0.29, 0.717) is 16.9 Å². The molecule has 0 saturated heterocycles. The van der Waals surface area contributed by atoms with Crippen LogP contribution >= 0.6 is 12.2 Å². The van der Waals surface area contributed by atoms with Crippen LogP contribution in [0.1, 0.15) is 18.1 Å². The summed E-state index contributed by atoms with van der Waals surface area (Å²) in [5.41, 5.74) is 3.34. The average Bonchev–Trinajstić information content (AvgIpc) is 2.78. The highest BCUT2D eigenvalue weighted by atomic mass is 32.1. The van der Waals surface area contributed by atoms with Gasteiger partial charge in [0.05, 0.1) is 5.69 Å². The number of alkyl halides is 2. The molecule has 0 aliphatic rings. The Morgan fingerprint density at radius 1 is 1.29 bits per heavy atom. The molecule has 0 atom stereocenters. The summed E-state index contributed by atoms with van der Waals surface area (Å²) in [4.78, 5) is 0. The lowest BCUT2D eigenvalue weighted by Gasteiger charge is -2.12. The van der Waals surface area contributed by atoms with E-state index in [-0.39, 0.29) is 5.88 Å². The molecule has 0 aliphatic heterocycles. The normalized spacial score (nSPS) is 11.2. The van der Waals surface area contributed by atoms with Crippen LogP contribution in [0.25, 0.3) is 11.4 Å². The van der Waals surface area contributed by atoms with E-state index in [1.54, 1.807) is 0 Å². The van der Waals surface area contributed by atoms with Crippen LogP contribution in [0.15, 0.2) is 12.1 Å². The molecule has 2 rings (SSSR count). The van der Waals surface area contributed by atoms with Gasteiger partial charge in [0.25, 0.3) is 0 Å². The first kappa shape index (κ1) is 15.6. The summed E-state index contributed by atoms with van der Waals surface area (Å²) in [6.07, 6.45) is 0. The van der Waals surface area contributed by atoms with Crippen LogP contribution in [0.2, 0.25) is 0 Å². The Morgan fingerprint density at radius 2 is 1.95 bits per heavy atom. The molecule has 114 valence electrons. The summed E-state index contributed by atoms with van der Waals surface area (Å²) in [5, 5.41) is 4.34. The molecule has 0 unspecified atom stereocenters. The summed E-state index contributed by atoms with van der Waals surface area (Å²) < 4.78 is 33.3. The number of rotatable bonds is 4. The maximum atomic E-state index is 12.4. The maximum absolute atomic E-state index is 12.4. The van der Waals surface area contributed by atoms with Crippen molar-refractivity contribution in [2.45, 2.75) is 33.9 Å². The van der Waals surface area contributed by atoms with Crippen molar-refractivity contribution in [2.24, 2.45) is 7.05 Å². The molecule has 2 aromatic rings. The zero-order chi connectivity index (χ0) is 15.7. The predicted molar refractivity (Wildman–Crippen MR) is 79.2 cm³/mol. The van der Waals surface area contributed by atoms with Gasteiger partial charge in [0.1, 0.15) is 10.3 Å². The molecular formula is C14H17F2N3OS. The van der Waals surface area contributed by atoms with Crippen molar-refractivity contribution in [1.82, 2.24) is 14.3 Å². The lowest BCUT2D eigenvalue weighted by molar-refractivity contribution is -0.0557. The maximum Gasteiger partial charge on any atom is 0.388 e. The molecule has 0 N–H and O–H groups in total. The fourth-order valence-corrected chi connectivity index (χ4v) is 2.54. The Balaban J connectivity index is 2.60. The van der Waals surface area contributed by atoms with Crippen molar-refractivity contribution in [1.29, 1.82) is 0 Å². The number of pyridine rings is 1. The van der Waals surface area contributed by atoms with E-state index < -0.39 is 6.61 Å². The van der Waals surface area contributed by atoms with Gasteiger partial charge in [0.15, 0.2) is 0 Å². The Kier molecular flexibility index (Phi) is 4.41. The van der Waals surface area contributed by atoms with E-state index in [0.717, 1.165) is 16.8 Å². The molecule has 0 fully saturated rings. The van der Waals surface area contributed by atoms with Gasteiger partial charge in [-0.25, -0.2) is 4.68 Å². The summed E-state index contributed by atoms with van der Waals surface area (Å²) in [6, 6.07) is 3.48. The minimum absolute atomic E-state index is 0.0494. The second kappa shape index (κ2) is 5.93. The van der Waals surface area contributed by atoms with Gasteiger partial charge in [-0.05, 0) is 31.9 Å². The zero-order valence-corrected chi connectivity index (χ0v) is 13.2. The third-order valence-electron chi connectivity index (χ3n) is 3.28. The van der Waals surface area contributed by atoms with Crippen molar-refractivity contribution in [3.05, 3.63) is 27.9 Å². The van der Waals surface area contributed by atoms with Crippen molar-refractivity contribution in [3.8, 4) is 17.3 Å². The van der Waals surface area contributed by atoms with E-state index >= 15 is 0 Å². The Labute approximate surface area is 127 Å². The van der Waals surface area contributed by atoms with Crippen molar-refractivity contribution >= 4 is 12.2 Å². The molecule has 21 heavy (non-hydrogen) atoms. The van der Waals surface area contributed by atoms with Crippen LogP contribution < -0.4 is 4.74 Å². The molecule has 2 heterocycles. The lowest BCUT2D eigenvalue weighted by atomic mass is 10.1. The number of hydrogen-bond donors (Lipinski definition) is 0. The van der Waals surface area contributed by atoms with E-state index in [1.807, 2.05) is 38.5 Å². The highest BCUT2D eigenvalue weighted by Crippen LogP contribution is 2.28. The molecule has 0 spiro atoms. The predicted octanol–water partition coefficient (Wildman–Crippen LogP) is 3.86. The summed E-state index contributed by atoms with van der Waals surface area (Å²) in [7, 11) is 1.84. The van der Waals surface area contributed by atoms with Crippen LogP contribution in [0.5, 0.6) is 5.88 Å². The molecule has 0 amide bonds. The largest absolute Gasteiger partial charge is 0.417 e. The smallest absolute Gasteiger partial charge is 0.388 e. The van der Waals surface area contributed by atoms with Crippen molar-refractivity contribution < 1.29 is 13.5 Å². The highest BCUT2D eigenvalue weighted by molar-refractivity contribution is 7.71. The van der Waals surface area contributed by atoms with Gasteiger partial charge in [-0.3, -0.25) is 0 Å². The first-order valence-corrected chi connectivity index (χ1v) is 6.96. The van der Waals surface area contributed by atoms with Crippen LogP contribution in [0, 0.1) is 18.5 Å². The Morgan fingerprint density at radius 3 is 2.52 bits per heavy atom. The molecule has 0 bridgehead atoms. The van der Waals surface area contributed by atoms with E-state index in [9.17, 15) is 8.78 Å². The van der Waals surface area contributed by atoms with Gasteiger partial charge in [-0.2, -0.15) is 13.9 Å². The number of aromatic nitrogens is 3. The van der Waals surface area contributed by atoms with Gasteiger partial charge in [-0.15, -0.1) is 0 Å². The minimum Gasteiger partial charge on any atom is -0.417 e. The lowest BCUT2D eigenvalue weighted by Crippen LogP contribution is -2.08. The highest BCUT2D eigenvalue weighted by Gasteiger charge is 2.17. The van der Waals surface area contributed by atoms with Crippen LogP contribution in [0.3, 0.4) is 0 Å². The number of nitrogens with zero attached hydrogens (tertiary/aromatic N) is 3. The van der Waals surface area contributed by atoms with Gasteiger partial charge >= 0.3 is 6.61 Å². The second-order valence-corrected chi connectivity index (χ2v) is 5.17. The quantitative estimate of drug-likeness (QED) is 0.804. The molecule has 2 aromatic heterocycles. The fraction of sp³-hybridized carbons (Fsp3) is 0.429. The molecule has 0 aromatic carbocycles. The Hall–Kier alpha value is -1.76. The van der Waals surface area contributed by atoms with Crippen molar-refractivity contribution in [3.63, 3.8) is 0 Å². The summed E-state index contributed by atoms with van der Waals surface area (Å²) >= 11 is 5.36. The molecule has 0 saturated carbocycles. The third kappa shape index (κ3) is 2.97. The van der Waals surface area contributed by atoms with Crippen LogP contribution in [-0.2, 0) is 13.6 Å². The van der Waals surface area contributed by atoms with Crippen LogP contribution in [-0.4, -0.2) is 21.0 Å². The minimum atomic E-state index is -2.87.